The van der Waals surface area contributed by atoms with Crippen LogP contribution in [0.3, 0.4) is 0 Å². The molecule has 118 valence electrons. The van der Waals surface area contributed by atoms with Crippen molar-refractivity contribution in [3.05, 3.63) is 42.5 Å². The summed E-state index contributed by atoms with van der Waals surface area (Å²) in [5.74, 6) is 0. The highest BCUT2D eigenvalue weighted by molar-refractivity contribution is 5.50. The van der Waals surface area contributed by atoms with Crippen molar-refractivity contribution in [2.75, 3.05) is 18.0 Å². The maximum atomic E-state index is 3.88. The second-order valence-corrected chi connectivity index (χ2v) is 6.58. The molecule has 0 aromatic heterocycles. The topological polar surface area (TPSA) is 15.3 Å². The first kappa shape index (κ1) is 17.8. The summed E-state index contributed by atoms with van der Waals surface area (Å²) in [6, 6.07) is 9.45. The molecule has 1 aromatic rings. The lowest BCUT2D eigenvalue weighted by molar-refractivity contribution is 0.515. The van der Waals surface area contributed by atoms with E-state index in [0.717, 1.165) is 19.5 Å². The van der Waals surface area contributed by atoms with Crippen LogP contribution in [0.5, 0.6) is 0 Å². The quantitative estimate of drug-likeness (QED) is 0.682. The van der Waals surface area contributed by atoms with Gasteiger partial charge in [0.15, 0.2) is 0 Å². The van der Waals surface area contributed by atoms with Crippen LogP contribution in [0.4, 0.5) is 5.69 Å². The van der Waals surface area contributed by atoms with E-state index in [0.29, 0.717) is 6.04 Å². The van der Waals surface area contributed by atoms with Gasteiger partial charge in [0.1, 0.15) is 0 Å². The van der Waals surface area contributed by atoms with E-state index in [1.165, 1.54) is 17.7 Å². The second kappa shape index (κ2) is 8.23. The van der Waals surface area contributed by atoms with Crippen molar-refractivity contribution in [3.63, 3.8) is 0 Å². The van der Waals surface area contributed by atoms with Crippen molar-refractivity contribution < 1.29 is 0 Å². The van der Waals surface area contributed by atoms with Crippen molar-refractivity contribution >= 4 is 5.69 Å². The van der Waals surface area contributed by atoms with E-state index in [1.807, 2.05) is 6.08 Å². The highest BCUT2D eigenvalue weighted by atomic mass is 15.2. The molecule has 2 nitrogen and oxygen atoms in total. The Bertz CT molecular complexity index is 414. The molecule has 0 saturated carbocycles. The van der Waals surface area contributed by atoms with Crippen LogP contribution in [0.2, 0.25) is 0 Å². The zero-order valence-electron chi connectivity index (χ0n) is 14.4. The van der Waals surface area contributed by atoms with Crippen LogP contribution in [0.25, 0.3) is 0 Å². The lowest BCUT2D eigenvalue weighted by Gasteiger charge is -2.37. The van der Waals surface area contributed by atoms with Gasteiger partial charge in [-0.15, -0.1) is 6.58 Å². The summed E-state index contributed by atoms with van der Waals surface area (Å²) in [5.41, 5.74) is 2.74. The van der Waals surface area contributed by atoms with Crippen molar-refractivity contribution in [3.8, 4) is 0 Å². The molecular weight excluding hydrogens is 256 g/mol. The first-order valence-electron chi connectivity index (χ1n) is 8.15. The van der Waals surface area contributed by atoms with Crippen molar-refractivity contribution in [2.45, 2.75) is 59.0 Å². The van der Waals surface area contributed by atoms with Crippen LogP contribution >= 0.6 is 0 Å². The maximum absolute atomic E-state index is 3.88. The SMILES string of the molecule is C=CCN(c1ccc(C(CC)NCCC)cc1)C(C)(C)C. The maximum Gasteiger partial charge on any atom is 0.0373 e. The fourth-order valence-electron chi connectivity index (χ4n) is 2.60. The van der Waals surface area contributed by atoms with Gasteiger partial charge in [0, 0.05) is 23.8 Å². The standard InChI is InChI=1S/C19H32N2/c1-7-14-20-18(9-3)16-10-12-17(13-11-16)21(15-8-2)19(4,5)6/h8,10-13,18,20H,2,7,9,14-15H2,1,3-6H3. The summed E-state index contributed by atoms with van der Waals surface area (Å²) < 4.78 is 0. The highest BCUT2D eigenvalue weighted by Crippen LogP contribution is 2.26. The average molecular weight is 288 g/mol. The van der Waals surface area contributed by atoms with Gasteiger partial charge in [-0.3, -0.25) is 0 Å². The van der Waals surface area contributed by atoms with Crippen LogP contribution in [0.15, 0.2) is 36.9 Å². The van der Waals surface area contributed by atoms with E-state index in [1.54, 1.807) is 0 Å². The van der Waals surface area contributed by atoms with Gasteiger partial charge in [-0.1, -0.05) is 32.1 Å². The minimum Gasteiger partial charge on any atom is -0.363 e. The van der Waals surface area contributed by atoms with Gasteiger partial charge in [-0.25, -0.2) is 0 Å². The first-order chi connectivity index (χ1) is 9.93. The number of anilines is 1. The third-order valence-corrected chi connectivity index (χ3v) is 3.78. The third kappa shape index (κ3) is 5.20. The smallest absolute Gasteiger partial charge is 0.0373 e. The van der Waals surface area contributed by atoms with Crippen LogP contribution in [-0.4, -0.2) is 18.6 Å². The van der Waals surface area contributed by atoms with Gasteiger partial charge < -0.3 is 10.2 Å². The van der Waals surface area contributed by atoms with Crippen LogP contribution < -0.4 is 10.2 Å². The van der Waals surface area contributed by atoms with Crippen molar-refractivity contribution in [1.29, 1.82) is 0 Å². The molecule has 1 N–H and O–H groups in total. The number of hydrogen-bond donors (Lipinski definition) is 1. The Kier molecular flexibility index (Phi) is 6.97. The molecule has 0 heterocycles. The number of hydrogen-bond acceptors (Lipinski definition) is 2. The molecule has 0 bridgehead atoms. The lowest BCUT2D eigenvalue weighted by Crippen LogP contribution is -2.41. The van der Waals surface area contributed by atoms with E-state index in [-0.39, 0.29) is 5.54 Å². The molecule has 1 atom stereocenters. The van der Waals surface area contributed by atoms with Crippen LogP contribution in [0.1, 0.15) is 59.1 Å². The molecule has 0 saturated heterocycles. The highest BCUT2D eigenvalue weighted by Gasteiger charge is 2.20. The molecule has 1 aromatic carbocycles. The molecule has 0 fully saturated rings. The number of benzene rings is 1. The lowest BCUT2D eigenvalue weighted by atomic mass is 10.0. The first-order valence-corrected chi connectivity index (χ1v) is 8.15. The number of nitrogens with one attached hydrogen (secondary N) is 1. The van der Waals surface area contributed by atoms with Crippen molar-refractivity contribution in [1.82, 2.24) is 5.32 Å². The average Bonchev–Trinajstić information content (AvgIpc) is 2.45. The zero-order valence-corrected chi connectivity index (χ0v) is 14.4. The summed E-state index contributed by atoms with van der Waals surface area (Å²) in [5, 5.41) is 3.61. The summed E-state index contributed by atoms with van der Waals surface area (Å²) in [7, 11) is 0. The summed E-state index contributed by atoms with van der Waals surface area (Å²) in [6.07, 6.45) is 4.26. The Morgan fingerprint density at radius 1 is 1.19 bits per heavy atom. The van der Waals surface area contributed by atoms with Crippen molar-refractivity contribution in [2.24, 2.45) is 0 Å². The molecular formula is C19H32N2. The second-order valence-electron chi connectivity index (χ2n) is 6.58. The minimum absolute atomic E-state index is 0.0975. The summed E-state index contributed by atoms with van der Waals surface area (Å²) in [6.45, 7) is 17.0. The van der Waals surface area contributed by atoms with E-state index in [4.69, 9.17) is 0 Å². The molecule has 21 heavy (non-hydrogen) atoms. The molecule has 0 amide bonds. The van der Waals surface area contributed by atoms with E-state index < -0.39 is 0 Å². The molecule has 0 aliphatic heterocycles. The van der Waals surface area contributed by atoms with Gasteiger partial charge in [0.2, 0.25) is 0 Å². The molecule has 0 aliphatic rings. The van der Waals surface area contributed by atoms with E-state index in [2.05, 4.69) is 75.7 Å². The fraction of sp³-hybridized carbons (Fsp3) is 0.579. The molecule has 0 aliphatic carbocycles. The van der Waals surface area contributed by atoms with Gasteiger partial charge in [-0.2, -0.15) is 0 Å². The Morgan fingerprint density at radius 2 is 1.81 bits per heavy atom. The van der Waals surface area contributed by atoms with E-state index in [9.17, 15) is 0 Å². The number of nitrogens with zero attached hydrogens (tertiary/aromatic N) is 1. The third-order valence-electron chi connectivity index (χ3n) is 3.78. The van der Waals surface area contributed by atoms with Gasteiger partial charge >= 0.3 is 0 Å². The predicted molar refractivity (Wildman–Crippen MR) is 95.1 cm³/mol. The Labute approximate surface area is 131 Å². The Morgan fingerprint density at radius 3 is 2.24 bits per heavy atom. The normalized spacial score (nSPS) is 13.0. The summed E-state index contributed by atoms with van der Waals surface area (Å²) >= 11 is 0. The molecule has 1 rings (SSSR count). The molecule has 0 spiro atoms. The van der Waals surface area contributed by atoms with Gasteiger partial charge in [-0.05, 0) is 57.9 Å². The minimum atomic E-state index is 0.0975. The van der Waals surface area contributed by atoms with Gasteiger partial charge in [0.05, 0.1) is 0 Å². The summed E-state index contributed by atoms with van der Waals surface area (Å²) in [4.78, 5) is 2.38. The Balaban J connectivity index is 2.91. The Hall–Kier alpha value is -1.28. The molecule has 1 unspecified atom stereocenters. The van der Waals surface area contributed by atoms with E-state index >= 15 is 0 Å². The van der Waals surface area contributed by atoms with Crippen LogP contribution in [0, 0.1) is 0 Å². The molecule has 0 radical (unpaired) electrons. The largest absolute Gasteiger partial charge is 0.363 e. The molecule has 2 heteroatoms. The predicted octanol–water partition coefficient (Wildman–Crippen LogP) is 4.93. The number of rotatable bonds is 8. The van der Waals surface area contributed by atoms with Crippen LogP contribution in [-0.2, 0) is 0 Å². The monoisotopic (exact) mass is 288 g/mol. The zero-order chi connectivity index (χ0) is 15.9. The fourth-order valence-corrected chi connectivity index (χ4v) is 2.60. The van der Waals surface area contributed by atoms with Gasteiger partial charge in [0.25, 0.3) is 0 Å².